The molecule has 2 fully saturated rings. The minimum absolute atomic E-state index is 0.120. The smallest absolute Gasteiger partial charge is 0.228 e. The fraction of sp³-hybridized carbons (Fsp3) is 0.375. The summed E-state index contributed by atoms with van der Waals surface area (Å²) >= 11 is 0. The first-order valence-electron chi connectivity index (χ1n) is 10.3. The van der Waals surface area contributed by atoms with Gasteiger partial charge >= 0.3 is 0 Å². The Hall–Kier alpha value is -3.13. The molecule has 148 valence electrons. The number of carbonyl (C=O) groups excluding carboxylic acids is 2. The van der Waals surface area contributed by atoms with Crippen LogP contribution in [0.25, 0.3) is 0 Å². The quantitative estimate of drug-likeness (QED) is 0.852. The molecule has 0 bridgehead atoms. The van der Waals surface area contributed by atoms with Crippen LogP contribution in [0.1, 0.15) is 30.4 Å². The van der Waals surface area contributed by atoms with Gasteiger partial charge in [-0.2, -0.15) is 5.26 Å². The van der Waals surface area contributed by atoms with Crippen LogP contribution >= 0.6 is 0 Å². The summed E-state index contributed by atoms with van der Waals surface area (Å²) in [5.41, 5.74) is 2.47. The minimum Gasteiger partial charge on any atom is -0.342 e. The largest absolute Gasteiger partial charge is 0.342 e. The summed E-state index contributed by atoms with van der Waals surface area (Å²) in [6.07, 6.45) is 3.72. The second-order valence-corrected chi connectivity index (χ2v) is 8.09. The molecule has 29 heavy (non-hydrogen) atoms. The van der Waals surface area contributed by atoms with Gasteiger partial charge in [-0.1, -0.05) is 36.4 Å². The van der Waals surface area contributed by atoms with Crippen LogP contribution in [-0.4, -0.2) is 29.8 Å². The van der Waals surface area contributed by atoms with Gasteiger partial charge in [-0.15, -0.1) is 0 Å². The van der Waals surface area contributed by atoms with Gasteiger partial charge in [0.25, 0.3) is 0 Å². The molecule has 0 spiro atoms. The molecule has 1 saturated carbocycles. The molecule has 0 radical (unpaired) electrons. The van der Waals surface area contributed by atoms with E-state index in [0.717, 1.165) is 32.4 Å². The van der Waals surface area contributed by atoms with Crippen molar-refractivity contribution in [2.45, 2.75) is 25.7 Å². The first-order valence-corrected chi connectivity index (χ1v) is 10.3. The van der Waals surface area contributed by atoms with Crippen LogP contribution in [0, 0.1) is 29.1 Å². The Bertz CT molecular complexity index is 927. The van der Waals surface area contributed by atoms with E-state index in [4.69, 9.17) is 5.26 Å². The molecule has 1 aliphatic heterocycles. The first kappa shape index (κ1) is 19.2. The molecular weight excluding hydrogens is 362 g/mol. The van der Waals surface area contributed by atoms with Crippen LogP contribution in [0.4, 0.5) is 5.69 Å². The number of nitrogens with one attached hydrogen (secondary N) is 1. The predicted octanol–water partition coefficient (Wildman–Crippen LogP) is 3.61. The van der Waals surface area contributed by atoms with Gasteiger partial charge in [0.2, 0.25) is 11.8 Å². The Kier molecular flexibility index (Phi) is 5.62. The molecule has 2 atom stereocenters. The van der Waals surface area contributed by atoms with Crippen molar-refractivity contribution < 1.29 is 9.59 Å². The number of likely N-dealkylation sites (tertiary alicyclic amines) is 1. The number of carbonyl (C=O) groups is 2. The Labute approximate surface area is 171 Å². The van der Waals surface area contributed by atoms with Crippen LogP contribution in [0.15, 0.2) is 54.6 Å². The van der Waals surface area contributed by atoms with Crippen molar-refractivity contribution in [2.75, 3.05) is 18.4 Å². The third-order valence-electron chi connectivity index (χ3n) is 6.00. The van der Waals surface area contributed by atoms with Gasteiger partial charge in [0.1, 0.15) is 0 Å². The number of anilines is 1. The molecule has 1 aliphatic carbocycles. The number of rotatable bonds is 5. The lowest BCUT2D eigenvalue weighted by Crippen LogP contribution is -2.40. The molecule has 1 heterocycles. The van der Waals surface area contributed by atoms with E-state index in [1.54, 1.807) is 24.3 Å². The fourth-order valence-corrected chi connectivity index (χ4v) is 4.20. The Morgan fingerprint density at radius 2 is 1.79 bits per heavy atom. The number of nitrogens with zero attached hydrogens (tertiary/aromatic N) is 2. The molecule has 1 N–H and O–H groups in total. The van der Waals surface area contributed by atoms with E-state index < -0.39 is 0 Å². The molecule has 2 unspecified atom stereocenters. The molecule has 2 aromatic carbocycles. The van der Waals surface area contributed by atoms with Crippen molar-refractivity contribution in [2.24, 2.45) is 17.8 Å². The molecule has 5 nitrogen and oxygen atoms in total. The van der Waals surface area contributed by atoms with Gasteiger partial charge in [-0.05, 0) is 55.4 Å². The molecule has 0 aromatic heterocycles. The summed E-state index contributed by atoms with van der Waals surface area (Å²) in [6, 6.07) is 19.4. The average molecular weight is 387 g/mol. The van der Waals surface area contributed by atoms with E-state index in [1.807, 2.05) is 11.0 Å². The highest BCUT2D eigenvalue weighted by atomic mass is 16.2. The maximum absolute atomic E-state index is 12.8. The number of benzene rings is 2. The highest BCUT2D eigenvalue weighted by molar-refractivity contribution is 5.99. The Morgan fingerprint density at radius 3 is 2.52 bits per heavy atom. The second kappa shape index (κ2) is 8.48. The molecular formula is C24H25N3O2. The normalized spacial score (nSPS) is 21.3. The SMILES string of the molecule is N#Cc1cccc(NC(=O)C2CC2C(=O)N2CCC(Cc3ccccc3)CC2)c1. The van der Waals surface area contributed by atoms with E-state index in [1.165, 1.54) is 5.56 Å². The Balaban J connectivity index is 1.25. The van der Waals surface area contributed by atoms with Gasteiger partial charge in [0.05, 0.1) is 23.5 Å². The van der Waals surface area contributed by atoms with Gasteiger partial charge in [0.15, 0.2) is 0 Å². The summed E-state index contributed by atoms with van der Waals surface area (Å²) in [6.45, 7) is 1.57. The third kappa shape index (κ3) is 4.65. The summed E-state index contributed by atoms with van der Waals surface area (Å²) in [5, 5.41) is 11.8. The van der Waals surface area contributed by atoms with Crippen molar-refractivity contribution in [3.63, 3.8) is 0 Å². The van der Waals surface area contributed by atoms with Crippen molar-refractivity contribution in [3.05, 3.63) is 65.7 Å². The molecule has 4 rings (SSSR count). The number of hydrogen-bond acceptors (Lipinski definition) is 3. The van der Waals surface area contributed by atoms with Gasteiger partial charge < -0.3 is 10.2 Å². The van der Waals surface area contributed by atoms with E-state index in [2.05, 4.69) is 35.7 Å². The number of hydrogen-bond donors (Lipinski definition) is 1. The summed E-state index contributed by atoms with van der Waals surface area (Å²) < 4.78 is 0. The van der Waals surface area contributed by atoms with Crippen molar-refractivity contribution in [3.8, 4) is 6.07 Å². The lowest BCUT2D eigenvalue weighted by molar-refractivity contribution is -0.135. The molecule has 5 heteroatoms. The maximum atomic E-state index is 12.8. The fourth-order valence-electron chi connectivity index (χ4n) is 4.20. The van der Waals surface area contributed by atoms with Gasteiger partial charge in [0, 0.05) is 18.8 Å². The average Bonchev–Trinajstić information content (AvgIpc) is 3.56. The monoisotopic (exact) mass is 387 g/mol. The second-order valence-electron chi connectivity index (χ2n) is 8.09. The number of amides is 2. The van der Waals surface area contributed by atoms with Crippen LogP contribution < -0.4 is 5.32 Å². The van der Waals surface area contributed by atoms with Crippen LogP contribution in [0.2, 0.25) is 0 Å². The Morgan fingerprint density at radius 1 is 1.03 bits per heavy atom. The van der Waals surface area contributed by atoms with Crippen LogP contribution in [-0.2, 0) is 16.0 Å². The number of nitriles is 1. The van der Waals surface area contributed by atoms with Crippen LogP contribution in [0.5, 0.6) is 0 Å². The zero-order chi connectivity index (χ0) is 20.2. The lowest BCUT2D eigenvalue weighted by Gasteiger charge is -2.32. The molecule has 2 amide bonds. The van der Waals surface area contributed by atoms with Crippen molar-refractivity contribution in [1.82, 2.24) is 4.90 Å². The van der Waals surface area contributed by atoms with E-state index in [-0.39, 0.29) is 23.7 Å². The molecule has 2 aromatic rings. The zero-order valence-corrected chi connectivity index (χ0v) is 16.4. The lowest BCUT2D eigenvalue weighted by atomic mass is 9.90. The minimum atomic E-state index is -0.254. The van der Waals surface area contributed by atoms with E-state index in [9.17, 15) is 9.59 Å². The molecule has 2 aliphatic rings. The maximum Gasteiger partial charge on any atom is 0.228 e. The first-order chi connectivity index (χ1) is 14.1. The number of piperidine rings is 1. The summed E-state index contributed by atoms with van der Waals surface area (Å²) in [4.78, 5) is 27.2. The zero-order valence-electron chi connectivity index (χ0n) is 16.4. The standard InChI is InChI=1S/C24H25N3O2/c25-16-19-7-4-8-20(14-19)26-23(28)21-15-22(21)24(29)27-11-9-18(10-12-27)13-17-5-2-1-3-6-17/h1-8,14,18,21-22H,9-13,15H2,(H,26,28). The van der Waals surface area contributed by atoms with Crippen molar-refractivity contribution in [1.29, 1.82) is 5.26 Å². The summed E-state index contributed by atoms with van der Waals surface area (Å²) in [5.74, 6) is 0.161. The predicted molar refractivity (Wildman–Crippen MR) is 111 cm³/mol. The van der Waals surface area contributed by atoms with Crippen LogP contribution in [0.3, 0.4) is 0 Å². The summed E-state index contributed by atoms with van der Waals surface area (Å²) in [7, 11) is 0. The van der Waals surface area contributed by atoms with Gasteiger partial charge in [-0.3, -0.25) is 9.59 Å². The van der Waals surface area contributed by atoms with Gasteiger partial charge in [-0.25, -0.2) is 0 Å². The van der Waals surface area contributed by atoms with E-state index in [0.29, 0.717) is 23.6 Å². The topological polar surface area (TPSA) is 73.2 Å². The van der Waals surface area contributed by atoms with Crippen molar-refractivity contribution >= 4 is 17.5 Å². The highest BCUT2D eigenvalue weighted by Crippen LogP contribution is 2.41. The third-order valence-corrected chi connectivity index (χ3v) is 6.00. The molecule has 1 saturated heterocycles. The highest BCUT2D eigenvalue weighted by Gasteiger charge is 2.49. The van der Waals surface area contributed by atoms with E-state index >= 15 is 0 Å².